The van der Waals surface area contributed by atoms with E-state index in [4.69, 9.17) is 0 Å². The second kappa shape index (κ2) is 5.88. The van der Waals surface area contributed by atoms with Crippen molar-refractivity contribution in [2.45, 2.75) is 25.3 Å². The fraction of sp³-hybridized carbons (Fsp3) is 0.571. The Bertz CT molecular complexity index is 607. The molecule has 0 spiro atoms. The topological polar surface area (TPSA) is 92.8 Å². The molecule has 0 radical (unpaired) electrons. The van der Waals surface area contributed by atoms with Crippen molar-refractivity contribution in [3.05, 3.63) is 38.4 Å². The van der Waals surface area contributed by atoms with Gasteiger partial charge in [0.2, 0.25) is 0 Å². The third-order valence-electron chi connectivity index (χ3n) is 4.54. The second-order valence-corrected chi connectivity index (χ2v) is 5.82. The zero-order valence-electron chi connectivity index (χ0n) is 12.2. The van der Waals surface area contributed by atoms with E-state index >= 15 is 0 Å². The first kappa shape index (κ1) is 14.7. The van der Waals surface area contributed by atoms with Crippen molar-refractivity contribution in [3.63, 3.8) is 0 Å². The molecule has 22 heavy (non-hydrogen) atoms. The van der Waals surface area contributed by atoms with Gasteiger partial charge in [-0.05, 0) is 25.5 Å². The van der Waals surface area contributed by atoms with Crippen LogP contribution in [0.5, 0.6) is 0 Å². The SMILES string of the molecule is O=[N+]([O-])c1ccc(N2CCN3CCCC[C@H]3C2)c([N+](=O)[O-])c1. The van der Waals surface area contributed by atoms with Crippen LogP contribution >= 0.6 is 0 Å². The van der Waals surface area contributed by atoms with Crippen molar-refractivity contribution in [3.8, 4) is 0 Å². The van der Waals surface area contributed by atoms with Gasteiger partial charge in [0.25, 0.3) is 11.4 Å². The zero-order chi connectivity index (χ0) is 15.7. The highest BCUT2D eigenvalue weighted by atomic mass is 16.6. The molecule has 2 saturated heterocycles. The van der Waals surface area contributed by atoms with Crippen molar-refractivity contribution in [1.82, 2.24) is 4.90 Å². The van der Waals surface area contributed by atoms with Gasteiger partial charge in [0, 0.05) is 31.7 Å². The predicted molar refractivity (Wildman–Crippen MR) is 81.2 cm³/mol. The zero-order valence-corrected chi connectivity index (χ0v) is 12.2. The van der Waals surface area contributed by atoms with Crippen LogP contribution < -0.4 is 4.90 Å². The minimum Gasteiger partial charge on any atom is -0.363 e. The van der Waals surface area contributed by atoms with Crippen LogP contribution in [0.3, 0.4) is 0 Å². The lowest BCUT2D eigenvalue weighted by atomic mass is 9.99. The largest absolute Gasteiger partial charge is 0.363 e. The number of piperazine rings is 1. The highest BCUT2D eigenvalue weighted by molar-refractivity contribution is 5.67. The number of anilines is 1. The third kappa shape index (κ3) is 2.74. The van der Waals surface area contributed by atoms with Crippen LogP contribution in [0.25, 0.3) is 0 Å². The Morgan fingerprint density at radius 3 is 2.59 bits per heavy atom. The Hall–Kier alpha value is -2.22. The molecule has 118 valence electrons. The summed E-state index contributed by atoms with van der Waals surface area (Å²) in [6.07, 6.45) is 3.52. The van der Waals surface area contributed by atoms with Crippen LogP contribution in [0.15, 0.2) is 18.2 Å². The molecule has 2 heterocycles. The molecular formula is C14H18N4O4. The summed E-state index contributed by atoms with van der Waals surface area (Å²) in [5.74, 6) is 0. The Labute approximate surface area is 127 Å². The molecule has 0 unspecified atom stereocenters. The molecule has 0 aromatic heterocycles. The van der Waals surface area contributed by atoms with Gasteiger partial charge in [-0.1, -0.05) is 6.42 Å². The van der Waals surface area contributed by atoms with E-state index in [1.165, 1.54) is 25.0 Å². The Balaban J connectivity index is 1.87. The first-order valence-corrected chi connectivity index (χ1v) is 7.48. The highest BCUT2D eigenvalue weighted by Gasteiger charge is 2.32. The molecule has 0 N–H and O–H groups in total. The molecule has 2 aliphatic heterocycles. The van der Waals surface area contributed by atoms with Crippen molar-refractivity contribution in [2.24, 2.45) is 0 Å². The van der Waals surface area contributed by atoms with Crippen LogP contribution in [0.4, 0.5) is 17.1 Å². The number of rotatable bonds is 3. The van der Waals surface area contributed by atoms with Gasteiger partial charge in [-0.15, -0.1) is 0 Å². The maximum Gasteiger partial charge on any atom is 0.299 e. The lowest BCUT2D eigenvalue weighted by molar-refractivity contribution is -0.393. The van der Waals surface area contributed by atoms with Crippen LogP contribution in [-0.2, 0) is 0 Å². The molecule has 8 heteroatoms. The molecule has 1 aromatic rings. The lowest BCUT2D eigenvalue weighted by Gasteiger charge is -2.44. The van der Waals surface area contributed by atoms with E-state index in [-0.39, 0.29) is 11.4 Å². The average molecular weight is 306 g/mol. The molecule has 8 nitrogen and oxygen atoms in total. The Kier molecular flexibility index (Phi) is 3.93. The van der Waals surface area contributed by atoms with Gasteiger partial charge in [0.05, 0.1) is 15.9 Å². The first-order chi connectivity index (χ1) is 10.6. The molecule has 0 saturated carbocycles. The summed E-state index contributed by atoms with van der Waals surface area (Å²) in [6, 6.07) is 4.34. The number of non-ortho nitro benzene ring substituents is 1. The number of fused-ring (bicyclic) bond motifs is 1. The molecule has 2 aliphatic rings. The maximum absolute atomic E-state index is 11.3. The van der Waals surface area contributed by atoms with Gasteiger partial charge in [-0.25, -0.2) is 0 Å². The quantitative estimate of drug-likeness (QED) is 0.627. The van der Waals surface area contributed by atoms with E-state index < -0.39 is 9.85 Å². The Morgan fingerprint density at radius 2 is 1.86 bits per heavy atom. The van der Waals surface area contributed by atoms with Crippen molar-refractivity contribution < 1.29 is 9.85 Å². The summed E-state index contributed by atoms with van der Waals surface area (Å²) in [6.45, 7) is 3.45. The molecule has 0 amide bonds. The number of benzene rings is 1. The fourth-order valence-corrected chi connectivity index (χ4v) is 3.41. The van der Waals surface area contributed by atoms with Gasteiger partial charge in [-0.3, -0.25) is 25.1 Å². The maximum atomic E-state index is 11.3. The van der Waals surface area contributed by atoms with Gasteiger partial charge in [0.15, 0.2) is 0 Å². The molecule has 1 atom stereocenters. The van der Waals surface area contributed by atoms with E-state index in [0.29, 0.717) is 11.7 Å². The van der Waals surface area contributed by atoms with Gasteiger partial charge >= 0.3 is 0 Å². The van der Waals surface area contributed by atoms with Gasteiger partial charge < -0.3 is 4.90 Å². The summed E-state index contributed by atoms with van der Waals surface area (Å²) < 4.78 is 0. The average Bonchev–Trinajstić information content (AvgIpc) is 2.53. The van der Waals surface area contributed by atoms with Crippen molar-refractivity contribution in [1.29, 1.82) is 0 Å². The van der Waals surface area contributed by atoms with E-state index in [0.717, 1.165) is 38.7 Å². The van der Waals surface area contributed by atoms with Gasteiger partial charge in [0.1, 0.15) is 5.69 Å². The number of piperidine rings is 1. The lowest BCUT2D eigenvalue weighted by Crippen LogP contribution is -2.55. The molecule has 3 rings (SSSR count). The number of nitro groups is 2. The third-order valence-corrected chi connectivity index (χ3v) is 4.54. The molecule has 0 aliphatic carbocycles. The van der Waals surface area contributed by atoms with E-state index in [9.17, 15) is 20.2 Å². The summed E-state index contributed by atoms with van der Waals surface area (Å²) in [4.78, 5) is 25.4. The second-order valence-electron chi connectivity index (χ2n) is 5.82. The van der Waals surface area contributed by atoms with Crippen molar-refractivity contribution in [2.75, 3.05) is 31.1 Å². The number of nitro benzene ring substituents is 2. The number of hydrogen-bond acceptors (Lipinski definition) is 6. The monoisotopic (exact) mass is 306 g/mol. The van der Waals surface area contributed by atoms with Crippen LogP contribution in [-0.4, -0.2) is 47.0 Å². The van der Waals surface area contributed by atoms with Crippen LogP contribution in [0.1, 0.15) is 19.3 Å². The molecular weight excluding hydrogens is 288 g/mol. The standard InChI is InChI=1S/C14H18N4O4/c19-17(20)11-4-5-13(14(9-11)18(21)22)16-8-7-15-6-2-1-3-12(15)10-16/h4-5,9,12H,1-3,6-8,10H2/t12-/m0/s1. The summed E-state index contributed by atoms with van der Waals surface area (Å²) in [5.41, 5.74) is 0.0611. The highest BCUT2D eigenvalue weighted by Crippen LogP contribution is 2.34. The van der Waals surface area contributed by atoms with Crippen LogP contribution in [0.2, 0.25) is 0 Å². The van der Waals surface area contributed by atoms with Crippen molar-refractivity contribution >= 4 is 17.1 Å². The van der Waals surface area contributed by atoms with E-state index in [1.54, 1.807) is 0 Å². The normalized spacial score (nSPS) is 22.2. The molecule has 1 aromatic carbocycles. The minimum absolute atomic E-state index is 0.182. The Morgan fingerprint density at radius 1 is 1.05 bits per heavy atom. The summed E-state index contributed by atoms with van der Waals surface area (Å²) in [7, 11) is 0. The van der Waals surface area contributed by atoms with E-state index in [1.807, 2.05) is 4.90 Å². The first-order valence-electron chi connectivity index (χ1n) is 7.48. The number of nitrogens with zero attached hydrogens (tertiary/aromatic N) is 4. The summed E-state index contributed by atoms with van der Waals surface area (Å²) in [5, 5.41) is 22.1. The van der Waals surface area contributed by atoms with Gasteiger partial charge in [-0.2, -0.15) is 0 Å². The summed E-state index contributed by atoms with van der Waals surface area (Å²) >= 11 is 0. The smallest absolute Gasteiger partial charge is 0.299 e. The minimum atomic E-state index is -0.601. The van der Waals surface area contributed by atoms with Crippen LogP contribution in [0, 0.1) is 20.2 Å². The van der Waals surface area contributed by atoms with E-state index in [2.05, 4.69) is 4.90 Å². The fourth-order valence-electron chi connectivity index (χ4n) is 3.41. The molecule has 0 bridgehead atoms. The number of hydrogen-bond donors (Lipinski definition) is 0. The molecule has 2 fully saturated rings. The predicted octanol–water partition coefficient (Wildman–Crippen LogP) is 2.18.